The fourth-order valence-corrected chi connectivity index (χ4v) is 3.76. The molecule has 2 fully saturated rings. The Labute approximate surface area is 126 Å². The SMILES string of the molecule is O=[N+]([O-])c1ccc(Br)cc1NC1CCN2CCCCC12. The van der Waals surface area contributed by atoms with E-state index in [0.717, 1.165) is 17.4 Å². The summed E-state index contributed by atoms with van der Waals surface area (Å²) in [5.41, 5.74) is 0.782. The number of nitro benzene ring substituents is 1. The molecule has 2 aliphatic rings. The van der Waals surface area contributed by atoms with Gasteiger partial charge in [-0.1, -0.05) is 22.4 Å². The van der Waals surface area contributed by atoms with Gasteiger partial charge in [-0.25, -0.2) is 0 Å². The van der Waals surface area contributed by atoms with Crippen LogP contribution in [0.3, 0.4) is 0 Å². The fourth-order valence-electron chi connectivity index (χ4n) is 3.40. The number of nitrogens with zero attached hydrogens (tertiary/aromatic N) is 2. The van der Waals surface area contributed by atoms with Gasteiger partial charge in [0.15, 0.2) is 0 Å². The number of fused-ring (bicyclic) bond motifs is 1. The Bertz CT molecular complexity index is 523. The van der Waals surface area contributed by atoms with Gasteiger partial charge in [0.05, 0.1) is 4.92 Å². The van der Waals surface area contributed by atoms with Crippen LogP contribution in [0.1, 0.15) is 25.7 Å². The highest BCUT2D eigenvalue weighted by Gasteiger charge is 2.36. The standard InChI is InChI=1S/C14H18BrN3O2/c15-10-4-5-14(18(19)20)12(9-10)16-11-6-8-17-7-2-1-3-13(11)17/h4-5,9,11,13,16H,1-3,6-8H2. The second-order valence-corrected chi connectivity index (χ2v) is 6.47. The molecule has 1 aromatic rings. The molecule has 0 radical (unpaired) electrons. The Balaban J connectivity index is 1.80. The van der Waals surface area contributed by atoms with Crippen LogP contribution in [-0.2, 0) is 0 Å². The molecule has 2 saturated heterocycles. The minimum absolute atomic E-state index is 0.155. The summed E-state index contributed by atoms with van der Waals surface area (Å²) in [7, 11) is 0. The molecule has 2 unspecified atom stereocenters. The van der Waals surface area contributed by atoms with Crippen molar-refractivity contribution in [1.29, 1.82) is 0 Å². The van der Waals surface area contributed by atoms with Crippen molar-refractivity contribution in [3.05, 3.63) is 32.8 Å². The van der Waals surface area contributed by atoms with Gasteiger partial charge in [0.1, 0.15) is 5.69 Å². The highest BCUT2D eigenvalue weighted by Crippen LogP contribution is 2.33. The maximum absolute atomic E-state index is 11.1. The first-order valence-corrected chi connectivity index (χ1v) is 7.89. The number of hydrogen-bond donors (Lipinski definition) is 1. The lowest BCUT2D eigenvalue weighted by Crippen LogP contribution is -2.41. The molecule has 1 N–H and O–H groups in total. The van der Waals surface area contributed by atoms with Gasteiger partial charge in [0.25, 0.3) is 5.69 Å². The van der Waals surface area contributed by atoms with E-state index in [0.29, 0.717) is 17.8 Å². The average Bonchev–Trinajstić information content (AvgIpc) is 2.82. The van der Waals surface area contributed by atoms with E-state index in [1.54, 1.807) is 12.1 Å². The molecule has 0 bridgehead atoms. The summed E-state index contributed by atoms with van der Waals surface area (Å²) in [6.07, 6.45) is 4.80. The summed E-state index contributed by atoms with van der Waals surface area (Å²) in [5, 5.41) is 14.5. The number of nitro groups is 1. The summed E-state index contributed by atoms with van der Waals surface area (Å²) in [6.45, 7) is 2.27. The van der Waals surface area contributed by atoms with E-state index in [2.05, 4.69) is 26.1 Å². The first-order chi connectivity index (χ1) is 9.65. The Morgan fingerprint density at radius 3 is 2.95 bits per heavy atom. The molecule has 0 spiro atoms. The van der Waals surface area contributed by atoms with Crippen molar-refractivity contribution in [1.82, 2.24) is 4.90 Å². The average molecular weight is 340 g/mol. The van der Waals surface area contributed by atoms with E-state index >= 15 is 0 Å². The molecule has 6 heteroatoms. The van der Waals surface area contributed by atoms with E-state index in [9.17, 15) is 10.1 Å². The van der Waals surface area contributed by atoms with Crippen molar-refractivity contribution >= 4 is 27.3 Å². The predicted molar refractivity (Wildman–Crippen MR) is 82.0 cm³/mol. The number of halogens is 1. The molecule has 0 aliphatic carbocycles. The molecule has 3 rings (SSSR count). The molecule has 108 valence electrons. The normalized spacial score (nSPS) is 26.2. The van der Waals surface area contributed by atoms with Crippen molar-refractivity contribution in [3.63, 3.8) is 0 Å². The molecule has 1 aromatic carbocycles. The van der Waals surface area contributed by atoms with Crippen molar-refractivity contribution in [2.24, 2.45) is 0 Å². The Morgan fingerprint density at radius 1 is 1.30 bits per heavy atom. The summed E-state index contributed by atoms with van der Waals surface area (Å²) < 4.78 is 0.865. The number of piperidine rings is 1. The third-order valence-electron chi connectivity index (χ3n) is 4.35. The Morgan fingerprint density at radius 2 is 2.15 bits per heavy atom. The van der Waals surface area contributed by atoms with Crippen LogP contribution >= 0.6 is 15.9 Å². The molecule has 0 amide bonds. The molecular formula is C14H18BrN3O2. The fraction of sp³-hybridized carbons (Fsp3) is 0.571. The minimum Gasteiger partial charge on any atom is -0.375 e. The van der Waals surface area contributed by atoms with Crippen LogP contribution in [-0.4, -0.2) is 35.0 Å². The van der Waals surface area contributed by atoms with Gasteiger partial charge >= 0.3 is 0 Å². The zero-order chi connectivity index (χ0) is 14.1. The molecule has 20 heavy (non-hydrogen) atoms. The highest BCUT2D eigenvalue weighted by atomic mass is 79.9. The maximum Gasteiger partial charge on any atom is 0.292 e. The summed E-state index contributed by atoms with van der Waals surface area (Å²) in [5.74, 6) is 0. The van der Waals surface area contributed by atoms with Crippen LogP contribution in [0.5, 0.6) is 0 Å². The lowest BCUT2D eigenvalue weighted by atomic mass is 9.99. The van der Waals surface area contributed by atoms with Crippen molar-refractivity contribution < 1.29 is 4.92 Å². The molecule has 0 saturated carbocycles. The van der Waals surface area contributed by atoms with Gasteiger partial charge in [-0.2, -0.15) is 0 Å². The Kier molecular flexibility index (Phi) is 3.94. The van der Waals surface area contributed by atoms with Crippen LogP contribution in [0.25, 0.3) is 0 Å². The molecule has 0 aromatic heterocycles. The maximum atomic E-state index is 11.1. The summed E-state index contributed by atoms with van der Waals surface area (Å²) in [4.78, 5) is 13.3. The monoisotopic (exact) mass is 339 g/mol. The molecule has 2 aliphatic heterocycles. The van der Waals surface area contributed by atoms with E-state index in [1.807, 2.05) is 6.07 Å². The molecule has 2 atom stereocenters. The number of benzene rings is 1. The van der Waals surface area contributed by atoms with Crippen molar-refractivity contribution in [2.75, 3.05) is 18.4 Å². The lowest BCUT2D eigenvalue weighted by Gasteiger charge is -2.32. The van der Waals surface area contributed by atoms with Crippen LogP contribution < -0.4 is 5.32 Å². The first kappa shape index (κ1) is 13.8. The van der Waals surface area contributed by atoms with Crippen LogP contribution in [0, 0.1) is 10.1 Å². The van der Waals surface area contributed by atoms with E-state index in [-0.39, 0.29) is 10.6 Å². The van der Waals surface area contributed by atoms with Gasteiger partial charge in [-0.15, -0.1) is 0 Å². The third kappa shape index (κ3) is 2.67. The quantitative estimate of drug-likeness (QED) is 0.677. The molecular weight excluding hydrogens is 322 g/mol. The van der Waals surface area contributed by atoms with Crippen LogP contribution in [0.4, 0.5) is 11.4 Å². The number of nitrogens with one attached hydrogen (secondary N) is 1. The van der Waals surface area contributed by atoms with Gasteiger partial charge < -0.3 is 5.32 Å². The van der Waals surface area contributed by atoms with E-state index < -0.39 is 0 Å². The zero-order valence-electron chi connectivity index (χ0n) is 11.2. The van der Waals surface area contributed by atoms with Gasteiger partial charge in [-0.05, 0) is 37.9 Å². The zero-order valence-corrected chi connectivity index (χ0v) is 12.8. The van der Waals surface area contributed by atoms with Gasteiger partial charge in [0, 0.05) is 29.2 Å². The third-order valence-corrected chi connectivity index (χ3v) is 4.85. The van der Waals surface area contributed by atoms with Crippen molar-refractivity contribution in [2.45, 2.75) is 37.8 Å². The topological polar surface area (TPSA) is 58.4 Å². The predicted octanol–water partition coefficient (Wildman–Crippen LogP) is 3.40. The van der Waals surface area contributed by atoms with E-state index in [1.165, 1.54) is 25.8 Å². The second-order valence-electron chi connectivity index (χ2n) is 5.56. The van der Waals surface area contributed by atoms with Crippen molar-refractivity contribution in [3.8, 4) is 0 Å². The lowest BCUT2D eigenvalue weighted by molar-refractivity contribution is -0.384. The highest BCUT2D eigenvalue weighted by molar-refractivity contribution is 9.10. The summed E-state index contributed by atoms with van der Waals surface area (Å²) in [6, 6.07) is 5.93. The molecule has 5 nitrogen and oxygen atoms in total. The second kappa shape index (κ2) is 5.69. The first-order valence-electron chi connectivity index (χ1n) is 7.09. The number of hydrogen-bond acceptors (Lipinski definition) is 4. The Hall–Kier alpha value is -1.14. The van der Waals surface area contributed by atoms with E-state index in [4.69, 9.17) is 0 Å². The van der Waals surface area contributed by atoms with Crippen LogP contribution in [0.2, 0.25) is 0 Å². The van der Waals surface area contributed by atoms with Gasteiger partial charge in [-0.3, -0.25) is 15.0 Å². The largest absolute Gasteiger partial charge is 0.375 e. The summed E-state index contributed by atoms with van der Waals surface area (Å²) >= 11 is 3.39. The number of anilines is 1. The number of rotatable bonds is 3. The minimum atomic E-state index is -0.317. The smallest absolute Gasteiger partial charge is 0.292 e. The molecule has 2 heterocycles. The van der Waals surface area contributed by atoms with Gasteiger partial charge in [0.2, 0.25) is 0 Å². The van der Waals surface area contributed by atoms with Crippen LogP contribution in [0.15, 0.2) is 22.7 Å².